The highest BCUT2D eigenvalue weighted by Gasteiger charge is 2.36. The SMILES string of the molecule is CC(C)CCC(=O)N1C[C@H]2COC[C@@H]1CN(c1nnc(-c3ccccc3)s1)C2.O=CO. The van der Waals surface area contributed by atoms with Crippen LogP contribution in [-0.4, -0.2) is 71.5 Å². The summed E-state index contributed by atoms with van der Waals surface area (Å²) < 4.78 is 5.87. The van der Waals surface area contributed by atoms with Gasteiger partial charge in [0.05, 0.1) is 19.3 Å². The zero-order chi connectivity index (χ0) is 22.2. The summed E-state index contributed by atoms with van der Waals surface area (Å²) >= 11 is 1.62. The van der Waals surface area contributed by atoms with E-state index in [1.807, 2.05) is 18.2 Å². The molecule has 1 amide bonds. The number of hydrogen-bond acceptors (Lipinski definition) is 7. The second-order valence-corrected chi connectivity index (χ2v) is 9.26. The van der Waals surface area contributed by atoms with Gasteiger partial charge in [-0.3, -0.25) is 9.59 Å². The summed E-state index contributed by atoms with van der Waals surface area (Å²) in [4.78, 5) is 25.6. The second-order valence-electron chi connectivity index (χ2n) is 8.30. The minimum atomic E-state index is -0.250. The van der Waals surface area contributed by atoms with Gasteiger partial charge in [-0.15, -0.1) is 10.2 Å². The Morgan fingerprint density at radius 2 is 1.97 bits per heavy atom. The second kappa shape index (κ2) is 11.2. The number of carboxylic acid groups (broad SMARTS) is 1. The van der Waals surface area contributed by atoms with E-state index in [0.29, 0.717) is 31.5 Å². The molecule has 2 fully saturated rings. The van der Waals surface area contributed by atoms with Crippen molar-refractivity contribution >= 4 is 28.8 Å². The average molecular weight is 447 g/mol. The standard InChI is InChI=1S/C21H28N4O2S.CH2O2/c1-15(2)8-9-19(26)25-11-16-10-24(12-18(25)14-27-13-16)21-23-22-20(28-21)17-6-4-3-5-7-17;2-1-3/h3-7,15-16,18H,8-14H2,1-2H3;1H,(H,2,3)/t16-,18-;/m0./s1. The highest BCUT2D eigenvalue weighted by molar-refractivity contribution is 7.18. The number of benzene rings is 1. The van der Waals surface area contributed by atoms with Crippen molar-refractivity contribution in [3.8, 4) is 10.6 Å². The van der Waals surface area contributed by atoms with Crippen LogP contribution in [0.15, 0.2) is 30.3 Å². The summed E-state index contributed by atoms with van der Waals surface area (Å²) in [6, 6.07) is 10.2. The van der Waals surface area contributed by atoms with Crippen LogP contribution >= 0.6 is 11.3 Å². The molecule has 31 heavy (non-hydrogen) atoms. The third kappa shape index (κ3) is 6.24. The van der Waals surface area contributed by atoms with Gasteiger partial charge in [0.1, 0.15) is 5.01 Å². The number of nitrogens with zero attached hydrogens (tertiary/aromatic N) is 4. The molecule has 1 aromatic heterocycles. The molecule has 1 aromatic carbocycles. The topological polar surface area (TPSA) is 95.9 Å². The zero-order valence-electron chi connectivity index (χ0n) is 18.0. The molecule has 2 aliphatic heterocycles. The van der Waals surface area contributed by atoms with Crippen molar-refractivity contribution < 1.29 is 19.4 Å². The first-order valence-corrected chi connectivity index (χ1v) is 11.4. The van der Waals surface area contributed by atoms with E-state index in [4.69, 9.17) is 14.6 Å². The molecule has 8 nitrogen and oxygen atoms in total. The predicted octanol–water partition coefficient (Wildman–Crippen LogP) is 3.01. The van der Waals surface area contributed by atoms with Crippen LogP contribution in [0, 0.1) is 11.8 Å². The Labute approximate surface area is 186 Å². The van der Waals surface area contributed by atoms with Gasteiger partial charge in [0.15, 0.2) is 0 Å². The highest BCUT2D eigenvalue weighted by Crippen LogP contribution is 2.31. The molecule has 3 heterocycles. The Bertz CT molecular complexity index is 845. The largest absolute Gasteiger partial charge is 0.483 e. The normalized spacial score (nSPS) is 20.6. The van der Waals surface area contributed by atoms with Gasteiger partial charge in [0.2, 0.25) is 11.0 Å². The van der Waals surface area contributed by atoms with Crippen LogP contribution in [0.1, 0.15) is 26.7 Å². The molecule has 0 saturated carbocycles. The molecule has 2 aliphatic rings. The molecule has 1 N–H and O–H groups in total. The molecule has 4 rings (SSSR count). The molecule has 0 radical (unpaired) electrons. The maximum atomic E-state index is 12.9. The lowest BCUT2D eigenvalue weighted by Gasteiger charge is -2.31. The summed E-state index contributed by atoms with van der Waals surface area (Å²) in [5.74, 6) is 1.11. The first-order chi connectivity index (χ1) is 15.0. The zero-order valence-corrected chi connectivity index (χ0v) is 18.8. The number of anilines is 1. The van der Waals surface area contributed by atoms with E-state index in [-0.39, 0.29) is 18.4 Å². The lowest BCUT2D eigenvalue weighted by molar-refractivity contribution is -0.134. The van der Waals surface area contributed by atoms with Crippen LogP contribution in [0.5, 0.6) is 0 Å². The molecule has 168 valence electrons. The number of fused-ring (bicyclic) bond motifs is 3. The monoisotopic (exact) mass is 446 g/mol. The molecule has 0 unspecified atom stereocenters. The van der Waals surface area contributed by atoms with Gasteiger partial charge in [0.25, 0.3) is 6.47 Å². The Kier molecular flexibility index (Phi) is 8.36. The average Bonchev–Trinajstić information content (AvgIpc) is 3.06. The lowest BCUT2D eigenvalue weighted by atomic mass is 10.1. The molecule has 2 atom stereocenters. The number of aromatic nitrogens is 2. The van der Waals surface area contributed by atoms with E-state index in [9.17, 15) is 4.79 Å². The van der Waals surface area contributed by atoms with E-state index in [0.717, 1.165) is 41.8 Å². The molecule has 2 aromatic rings. The number of carbonyl (C=O) groups is 2. The van der Waals surface area contributed by atoms with Gasteiger partial charge < -0.3 is 19.6 Å². The van der Waals surface area contributed by atoms with Crippen LogP contribution < -0.4 is 4.90 Å². The number of hydrogen-bond donors (Lipinski definition) is 1. The van der Waals surface area contributed by atoms with Crippen LogP contribution in [0.3, 0.4) is 0 Å². The quantitative estimate of drug-likeness (QED) is 0.705. The van der Waals surface area contributed by atoms with Crippen molar-refractivity contribution in [3.05, 3.63) is 30.3 Å². The van der Waals surface area contributed by atoms with Crippen molar-refractivity contribution in [1.82, 2.24) is 15.1 Å². The first-order valence-electron chi connectivity index (χ1n) is 10.6. The fourth-order valence-electron chi connectivity index (χ4n) is 3.90. The lowest BCUT2D eigenvalue weighted by Crippen LogP contribution is -2.46. The fraction of sp³-hybridized carbons (Fsp3) is 0.545. The summed E-state index contributed by atoms with van der Waals surface area (Å²) in [7, 11) is 0. The van der Waals surface area contributed by atoms with Crippen molar-refractivity contribution in [2.45, 2.75) is 32.7 Å². The van der Waals surface area contributed by atoms with Crippen molar-refractivity contribution in [3.63, 3.8) is 0 Å². The Morgan fingerprint density at radius 1 is 1.23 bits per heavy atom. The fourth-order valence-corrected chi connectivity index (χ4v) is 4.77. The molecular weight excluding hydrogens is 416 g/mol. The van der Waals surface area contributed by atoms with Crippen LogP contribution in [-0.2, 0) is 14.3 Å². The van der Waals surface area contributed by atoms with Crippen molar-refractivity contribution in [2.24, 2.45) is 11.8 Å². The number of amides is 1. The van der Waals surface area contributed by atoms with Crippen LogP contribution in [0.4, 0.5) is 5.13 Å². The molecule has 2 bridgehead atoms. The van der Waals surface area contributed by atoms with Gasteiger partial charge >= 0.3 is 0 Å². The minimum Gasteiger partial charge on any atom is -0.483 e. The van der Waals surface area contributed by atoms with E-state index in [1.165, 1.54) is 0 Å². The summed E-state index contributed by atoms with van der Waals surface area (Å²) in [5, 5.41) is 17.6. The van der Waals surface area contributed by atoms with Crippen molar-refractivity contribution in [1.29, 1.82) is 0 Å². The van der Waals surface area contributed by atoms with Crippen LogP contribution in [0.25, 0.3) is 10.6 Å². The minimum absolute atomic E-state index is 0.0798. The third-order valence-corrected chi connectivity index (χ3v) is 6.46. The Hall–Kier alpha value is -2.52. The summed E-state index contributed by atoms with van der Waals surface area (Å²) in [5.41, 5.74) is 1.09. The maximum absolute atomic E-state index is 12.9. The summed E-state index contributed by atoms with van der Waals surface area (Å²) in [6.07, 6.45) is 1.56. The number of rotatable bonds is 5. The van der Waals surface area contributed by atoms with Crippen LogP contribution in [0.2, 0.25) is 0 Å². The third-order valence-electron chi connectivity index (χ3n) is 5.43. The van der Waals surface area contributed by atoms with E-state index in [1.54, 1.807) is 11.3 Å². The van der Waals surface area contributed by atoms with E-state index >= 15 is 0 Å². The summed E-state index contributed by atoms with van der Waals surface area (Å²) in [6.45, 7) is 7.77. The predicted molar refractivity (Wildman–Crippen MR) is 120 cm³/mol. The van der Waals surface area contributed by atoms with E-state index < -0.39 is 0 Å². The Balaban J connectivity index is 0.000000858. The molecule has 0 spiro atoms. The van der Waals surface area contributed by atoms with Gasteiger partial charge in [-0.05, 0) is 12.3 Å². The van der Waals surface area contributed by atoms with Gasteiger partial charge in [-0.2, -0.15) is 0 Å². The molecule has 2 saturated heterocycles. The molecular formula is C22H30N4O4S. The Morgan fingerprint density at radius 3 is 2.68 bits per heavy atom. The van der Waals surface area contributed by atoms with E-state index in [2.05, 4.69) is 46.0 Å². The smallest absolute Gasteiger partial charge is 0.290 e. The van der Waals surface area contributed by atoms with Gasteiger partial charge in [0, 0.05) is 37.5 Å². The molecule has 9 heteroatoms. The maximum Gasteiger partial charge on any atom is 0.290 e. The van der Waals surface area contributed by atoms with Gasteiger partial charge in [-0.1, -0.05) is 55.5 Å². The van der Waals surface area contributed by atoms with Gasteiger partial charge in [-0.25, -0.2) is 0 Å². The highest BCUT2D eigenvalue weighted by atomic mass is 32.1. The number of ether oxygens (including phenoxy) is 1. The first kappa shape index (κ1) is 23.1. The van der Waals surface area contributed by atoms with Crippen molar-refractivity contribution in [2.75, 3.05) is 37.7 Å². The number of carbonyl (C=O) groups excluding carboxylic acids is 1. The molecule has 0 aliphatic carbocycles.